The number of rotatable bonds is 3. The molecule has 7 rings (SSSR count). The standard InChI is InChI=1S/C30H31N/c1-27-18-22-19-30(22,20-29(16-17-29)21-10-4-3-5-11-21)26-15-9-8-14-25(26)28(2,31-27)24-13-7-6-12-23(24)27/h3-15,22,31H,16-20H2,1-2H3/t22-,27-,28-,30-/m1/s1. The number of fused-ring (bicyclic) bond motifs is 9. The molecule has 0 aromatic heterocycles. The van der Waals surface area contributed by atoms with E-state index in [1.165, 1.54) is 48.8 Å². The summed E-state index contributed by atoms with van der Waals surface area (Å²) in [4.78, 5) is 0. The molecule has 4 aliphatic rings. The van der Waals surface area contributed by atoms with Crippen LogP contribution in [0.25, 0.3) is 0 Å². The predicted molar refractivity (Wildman–Crippen MR) is 126 cm³/mol. The normalized spacial score (nSPS) is 35.9. The zero-order valence-electron chi connectivity index (χ0n) is 18.6. The minimum absolute atomic E-state index is 0.0503. The van der Waals surface area contributed by atoms with Gasteiger partial charge < -0.3 is 0 Å². The van der Waals surface area contributed by atoms with E-state index in [0.29, 0.717) is 10.8 Å². The molecule has 4 atom stereocenters. The highest BCUT2D eigenvalue weighted by atomic mass is 15.1. The molecule has 0 unspecified atom stereocenters. The Morgan fingerprint density at radius 1 is 0.710 bits per heavy atom. The Morgan fingerprint density at radius 2 is 1.29 bits per heavy atom. The Labute approximate surface area is 185 Å². The summed E-state index contributed by atoms with van der Waals surface area (Å²) in [7, 11) is 0. The van der Waals surface area contributed by atoms with Crippen LogP contribution in [0.5, 0.6) is 0 Å². The van der Waals surface area contributed by atoms with Crippen LogP contribution in [0.4, 0.5) is 0 Å². The molecule has 3 aromatic carbocycles. The van der Waals surface area contributed by atoms with Crippen LogP contribution >= 0.6 is 0 Å². The van der Waals surface area contributed by atoms with E-state index in [2.05, 4.69) is 98.0 Å². The average Bonchev–Trinajstić information content (AvgIpc) is 3.70. The molecule has 2 aliphatic heterocycles. The van der Waals surface area contributed by atoms with E-state index in [1.807, 2.05) is 0 Å². The summed E-state index contributed by atoms with van der Waals surface area (Å²) in [5.41, 5.74) is 8.34. The number of hydrogen-bond acceptors (Lipinski definition) is 1. The fourth-order valence-corrected chi connectivity index (χ4v) is 7.71. The van der Waals surface area contributed by atoms with Gasteiger partial charge in [0.2, 0.25) is 0 Å². The van der Waals surface area contributed by atoms with Crippen LogP contribution in [-0.2, 0) is 21.9 Å². The summed E-state index contributed by atoms with van der Waals surface area (Å²) in [6, 6.07) is 30.0. The lowest BCUT2D eigenvalue weighted by Gasteiger charge is -2.39. The van der Waals surface area contributed by atoms with Crippen LogP contribution < -0.4 is 5.32 Å². The maximum Gasteiger partial charge on any atom is 0.0674 e. The SMILES string of the molecule is C[C@]12N[C@](C)(C[C@@H]3C[C@]3(CC3(c4ccccc4)CC3)c3ccccc31)c1ccccc12. The Bertz CT molecular complexity index is 1190. The molecule has 2 heterocycles. The molecule has 2 bridgehead atoms. The van der Waals surface area contributed by atoms with Crippen LogP contribution in [0, 0.1) is 5.92 Å². The van der Waals surface area contributed by atoms with Crippen LogP contribution in [0.2, 0.25) is 0 Å². The first-order chi connectivity index (χ1) is 15.0. The monoisotopic (exact) mass is 405 g/mol. The summed E-state index contributed by atoms with van der Waals surface area (Å²) < 4.78 is 0. The Morgan fingerprint density at radius 3 is 1.97 bits per heavy atom. The molecule has 1 N–H and O–H groups in total. The molecular formula is C30H31N. The second-order valence-electron chi connectivity index (χ2n) is 11.3. The predicted octanol–water partition coefficient (Wildman–Crippen LogP) is 6.55. The van der Waals surface area contributed by atoms with Crippen molar-refractivity contribution >= 4 is 0 Å². The molecule has 0 radical (unpaired) electrons. The van der Waals surface area contributed by atoms with Gasteiger partial charge in [0.25, 0.3) is 0 Å². The summed E-state index contributed by atoms with van der Waals surface area (Å²) in [6.07, 6.45) is 6.59. The van der Waals surface area contributed by atoms with Crippen molar-refractivity contribution in [3.05, 3.63) is 107 Å². The van der Waals surface area contributed by atoms with E-state index in [4.69, 9.17) is 0 Å². The van der Waals surface area contributed by atoms with Crippen molar-refractivity contribution < 1.29 is 0 Å². The molecule has 2 saturated carbocycles. The zero-order valence-corrected chi connectivity index (χ0v) is 18.6. The summed E-state index contributed by atoms with van der Waals surface area (Å²) in [5.74, 6) is 0.753. The van der Waals surface area contributed by atoms with Crippen LogP contribution in [-0.4, -0.2) is 0 Å². The second-order valence-corrected chi connectivity index (χ2v) is 11.3. The van der Waals surface area contributed by atoms with E-state index >= 15 is 0 Å². The van der Waals surface area contributed by atoms with Crippen molar-refractivity contribution in [1.82, 2.24) is 5.32 Å². The minimum atomic E-state index is -0.119. The van der Waals surface area contributed by atoms with Gasteiger partial charge in [-0.3, -0.25) is 5.32 Å². The first-order valence-corrected chi connectivity index (χ1v) is 12.0. The van der Waals surface area contributed by atoms with Crippen molar-refractivity contribution in [2.75, 3.05) is 0 Å². The lowest BCUT2D eigenvalue weighted by atomic mass is 9.72. The van der Waals surface area contributed by atoms with Crippen LogP contribution in [0.1, 0.15) is 73.8 Å². The smallest absolute Gasteiger partial charge is 0.0674 e. The number of hydrogen-bond donors (Lipinski definition) is 1. The Kier molecular flexibility index (Phi) is 3.35. The molecule has 2 fully saturated rings. The maximum absolute atomic E-state index is 4.15. The summed E-state index contributed by atoms with van der Waals surface area (Å²) >= 11 is 0. The molecule has 1 heteroatoms. The van der Waals surface area contributed by atoms with Crippen LogP contribution in [0.3, 0.4) is 0 Å². The number of nitrogens with one attached hydrogen (secondary N) is 1. The Hall–Kier alpha value is -2.38. The summed E-state index contributed by atoms with van der Waals surface area (Å²) in [6.45, 7) is 4.88. The van der Waals surface area contributed by atoms with Crippen molar-refractivity contribution in [2.45, 2.75) is 67.9 Å². The lowest BCUT2D eigenvalue weighted by Crippen LogP contribution is -2.47. The zero-order chi connectivity index (χ0) is 20.9. The van der Waals surface area contributed by atoms with Crippen molar-refractivity contribution in [3.63, 3.8) is 0 Å². The van der Waals surface area contributed by atoms with E-state index in [1.54, 1.807) is 11.1 Å². The van der Waals surface area contributed by atoms with Gasteiger partial charge in [-0.1, -0.05) is 78.9 Å². The van der Waals surface area contributed by atoms with Gasteiger partial charge in [0.05, 0.1) is 5.54 Å². The van der Waals surface area contributed by atoms with Gasteiger partial charge in [0, 0.05) is 5.54 Å². The van der Waals surface area contributed by atoms with Crippen molar-refractivity contribution in [3.8, 4) is 0 Å². The van der Waals surface area contributed by atoms with E-state index in [0.717, 1.165) is 5.92 Å². The Balaban J connectivity index is 1.41. The van der Waals surface area contributed by atoms with E-state index in [9.17, 15) is 0 Å². The highest BCUT2D eigenvalue weighted by Gasteiger charge is 2.66. The number of benzene rings is 3. The highest BCUT2D eigenvalue weighted by molar-refractivity contribution is 5.57. The quantitative estimate of drug-likeness (QED) is 0.521. The van der Waals surface area contributed by atoms with E-state index < -0.39 is 0 Å². The third kappa shape index (κ3) is 2.31. The fourth-order valence-electron chi connectivity index (χ4n) is 7.71. The fraction of sp³-hybridized carbons (Fsp3) is 0.400. The van der Waals surface area contributed by atoms with Gasteiger partial charge in [0.1, 0.15) is 0 Å². The molecule has 3 aromatic rings. The first kappa shape index (κ1) is 18.2. The maximum atomic E-state index is 4.15. The van der Waals surface area contributed by atoms with Gasteiger partial charge in [-0.05, 0) is 90.5 Å². The molecule has 31 heavy (non-hydrogen) atoms. The molecule has 0 saturated heterocycles. The van der Waals surface area contributed by atoms with Gasteiger partial charge >= 0.3 is 0 Å². The van der Waals surface area contributed by atoms with Gasteiger partial charge in [-0.2, -0.15) is 0 Å². The van der Waals surface area contributed by atoms with Crippen LogP contribution in [0.15, 0.2) is 78.9 Å². The molecule has 0 spiro atoms. The highest BCUT2D eigenvalue weighted by Crippen LogP contribution is 2.70. The van der Waals surface area contributed by atoms with Crippen molar-refractivity contribution in [2.24, 2.45) is 5.92 Å². The van der Waals surface area contributed by atoms with Crippen molar-refractivity contribution in [1.29, 1.82) is 0 Å². The average molecular weight is 406 g/mol. The van der Waals surface area contributed by atoms with E-state index in [-0.39, 0.29) is 11.1 Å². The lowest BCUT2D eigenvalue weighted by molar-refractivity contribution is 0.259. The summed E-state index contributed by atoms with van der Waals surface area (Å²) in [5, 5.41) is 4.15. The molecule has 156 valence electrons. The molecule has 0 amide bonds. The molecular weight excluding hydrogens is 374 g/mol. The largest absolute Gasteiger partial charge is 0.294 e. The van der Waals surface area contributed by atoms with Gasteiger partial charge in [-0.15, -0.1) is 0 Å². The molecule has 2 aliphatic carbocycles. The molecule has 1 nitrogen and oxygen atoms in total. The third-order valence-corrected chi connectivity index (χ3v) is 9.37. The second kappa shape index (κ2) is 5.70. The first-order valence-electron chi connectivity index (χ1n) is 12.0. The van der Waals surface area contributed by atoms with Gasteiger partial charge in [-0.25, -0.2) is 0 Å². The minimum Gasteiger partial charge on any atom is -0.294 e. The van der Waals surface area contributed by atoms with Gasteiger partial charge in [0.15, 0.2) is 0 Å². The topological polar surface area (TPSA) is 12.0 Å². The third-order valence-electron chi connectivity index (χ3n) is 9.37.